The predicted molar refractivity (Wildman–Crippen MR) is 88.5 cm³/mol. The Labute approximate surface area is 132 Å². The summed E-state index contributed by atoms with van der Waals surface area (Å²) < 4.78 is 34.4. The lowest BCUT2D eigenvalue weighted by molar-refractivity contribution is 0.339. The molecule has 0 fully saturated rings. The molecule has 0 aliphatic rings. The van der Waals surface area contributed by atoms with E-state index in [0.29, 0.717) is 5.56 Å². The molecule has 0 bridgehead atoms. The first-order valence-electron chi connectivity index (χ1n) is 7.42. The molecule has 2 nitrogen and oxygen atoms in total. The summed E-state index contributed by atoms with van der Waals surface area (Å²) in [5, 5.41) is 1.18. The monoisotopic (exact) mass is 321 g/mol. The van der Waals surface area contributed by atoms with Crippen molar-refractivity contribution in [2.45, 2.75) is 13.8 Å². The van der Waals surface area contributed by atoms with E-state index >= 15 is 0 Å². The molecule has 0 heterocycles. The van der Waals surface area contributed by atoms with Crippen LogP contribution < -0.4 is 5.19 Å². The van der Waals surface area contributed by atoms with Gasteiger partial charge >= 0.3 is 0 Å². The molecule has 2 rings (SSSR count). The summed E-state index contributed by atoms with van der Waals surface area (Å²) in [5.41, 5.74) is 1.54. The first-order valence-corrected chi connectivity index (χ1v) is 8.99. The average Bonchev–Trinajstić information content (AvgIpc) is 2.55. The highest BCUT2D eigenvalue weighted by molar-refractivity contribution is 6.64. The van der Waals surface area contributed by atoms with Crippen LogP contribution in [-0.2, 0) is 4.43 Å². The van der Waals surface area contributed by atoms with Gasteiger partial charge in [0.25, 0.3) is 9.20 Å². The maximum absolute atomic E-state index is 13.3. The van der Waals surface area contributed by atoms with Crippen LogP contribution in [0.4, 0.5) is 8.78 Å². The van der Waals surface area contributed by atoms with Gasteiger partial charge in [0.15, 0.2) is 11.6 Å². The van der Waals surface area contributed by atoms with Gasteiger partial charge in [-0.15, -0.1) is 0 Å². The fraction of sp³-hybridized carbons (Fsp3) is 0.294. The second-order valence-electron chi connectivity index (χ2n) is 5.06. The summed E-state index contributed by atoms with van der Waals surface area (Å²) in [6, 6.07) is 11.9. The molecule has 0 aliphatic heterocycles. The lowest BCUT2D eigenvalue weighted by Crippen LogP contribution is -2.49. The van der Waals surface area contributed by atoms with Gasteiger partial charge in [-0.1, -0.05) is 44.2 Å². The topological polar surface area (TPSA) is 12.5 Å². The van der Waals surface area contributed by atoms with Crippen LogP contribution in [0.5, 0.6) is 0 Å². The van der Waals surface area contributed by atoms with E-state index < -0.39 is 20.8 Å². The lowest BCUT2D eigenvalue weighted by atomic mass is 10.1. The summed E-state index contributed by atoms with van der Waals surface area (Å²) in [7, 11) is 0.129. The number of hydrogen-bond donors (Lipinski definition) is 0. The first kappa shape index (κ1) is 16.8. The van der Waals surface area contributed by atoms with Crippen molar-refractivity contribution in [3.63, 3.8) is 0 Å². The fourth-order valence-electron chi connectivity index (χ4n) is 2.57. The van der Waals surface area contributed by atoms with Crippen molar-refractivity contribution in [3.05, 3.63) is 54.1 Å². The van der Waals surface area contributed by atoms with Crippen LogP contribution in [-0.4, -0.2) is 34.0 Å². The van der Waals surface area contributed by atoms with Crippen molar-refractivity contribution in [3.8, 4) is 11.1 Å². The normalized spacial score (nSPS) is 12.6. The van der Waals surface area contributed by atoms with Crippen LogP contribution >= 0.6 is 0 Å². The van der Waals surface area contributed by atoms with Crippen LogP contribution in [0.2, 0.25) is 0 Å². The summed E-state index contributed by atoms with van der Waals surface area (Å²) in [6.07, 6.45) is 0. The smallest absolute Gasteiger partial charge is 0.287 e. The molecule has 1 unspecified atom stereocenters. The molecule has 5 heteroatoms. The molecule has 1 atom stereocenters. The van der Waals surface area contributed by atoms with E-state index in [1.54, 1.807) is 13.2 Å². The zero-order chi connectivity index (χ0) is 16.1. The maximum atomic E-state index is 13.3. The van der Waals surface area contributed by atoms with Gasteiger partial charge in [0, 0.05) is 7.11 Å². The quantitative estimate of drug-likeness (QED) is 0.758. The minimum Gasteiger partial charge on any atom is -0.405 e. The molecule has 22 heavy (non-hydrogen) atoms. The molecular formula is C17H21F2NOSi. The molecule has 0 amide bonds. The Bertz CT molecular complexity index is 615. The SMILES string of the molecule is CCN(CC)[SiH](OC)c1ccc(-c2ccc(F)c(F)c2)cc1. The van der Waals surface area contributed by atoms with Gasteiger partial charge in [-0.3, -0.25) is 0 Å². The summed E-state index contributed by atoms with van der Waals surface area (Å²) in [6.45, 7) is 6.15. The van der Waals surface area contributed by atoms with Gasteiger partial charge in [0.05, 0.1) is 0 Å². The molecule has 0 saturated carbocycles. The molecule has 2 aromatic rings. The highest BCUT2D eigenvalue weighted by Gasteiger charge is 2.20. The van der Waals surface area contributed by atoms with Crippen molar-refractivity contribution in [1.82, 2.24) is 4.57 Å². The van der Waals surface area contributed by atoms with Crippen LogP contribution in [0.3, 0.4) is 0 Å². The summed E-state index contributed by atoms with van der Waals surface area (Å²) >= 11 is 0. The molecule has 0 aliphatic carbocycles. The zero-order valence-electron chi connectivity index (χ0n) is 13.1. The van der Waals surface area contributed by atoms with E-state index in [1.807, 2.05) is 24.3 Å². The van der Waals surface area contributed by atoms with E-state index in [2.05, 4.69) is 18.4 Å². The Kier molecular flexibility index (Phi) is 5.82. The molecule has 0 N–H and O–H groups in total. The second kappa shape index (κ2) is 7.62. The predicted octanol–water partition coefficient (Wildman–Crippen LogP) is 3.05. The number of hydrogen-bond acceptors (Lipinski definition) is 2. The van der Waals surface area contributed by atoms with Gasteiger partial charge in [0.2, 0.25) is 0 Å². The molecular weight excluding hydrogens is 300 g/mol. The average molecular weight is 321 g/mol. The van der Waals surface area contributed by atoms with E-state index in [4.69, 9.17) is 4.43 Å². The Morgan fingerprint density at radius 1 is 0.909 bits per heavy atom. The van der Waals surface area contributed by atoms with Crippen LogP contribution in [0.15, 0.2) is 42.5 Å². The van der Waals surface area contributed by atoms with Gasteiger partial charge in [-0.05, 0) is 41.5 Å². The highest BCUT2D eigenvalue weighted by Crippen LogP contribution is 2.20. The van der Waals surface area contributed by atoms with Gasteiger partial charge in [0.1, 0.15) is 0 Å². The van der Waals surface area contributed by atoms with Crippen LogP contribution in [0.25, 0.3) is 11.1 Å². The Morgan fingerprint density at radius 3 is 2.00 bits per heavy atom. The summed E-state index contributed by atoms with van der Waals surface area (Å²) in [4.78, 5) is 0. The number of nitrogens with zero attached hydrogens (tertiary/aromatic N) is 1. The highest BCUT2D eigenvalue weighted by atomic mass is 28.3. The first-order chi connectivity index (χ1) is 10.6. The van der Waals surface area contributed by atoms with Crippen molar-refractivity contribution >= 4 is 14.4 Å². The summed E-state index contributed by atoms with van der Waals surface area (Å²) in [5.74, 6) is -1.65. The molecule has 0 aromatic heterocycles. The fourth-order valence-corrected chi connectivity index (χ4v) is 4.74. The van der Waals surface area contributed by atoms with Gasteiger partial charge in [-0.25, -0.2) is 8.78 Å². The van der Waals surface area contributed by atoms with Gasteiger partial charge < -0.3 is 8.99 Å². The third-order valence-corrected chi connectivity index (χ3v) is 6.61. The molecule has 0 saturated heterocycles. The van der Waals surface area contributed by atoms with Crippen molar-refractivity contribution in [2.24, 2.45) is 0 Å². The molecule has 0 radical (unpaired) electrons. The van der Waals surface area contributed by atoms with Crippen molar-refractivity contribution < 1.29 is 13.2 Å². The third-order valence-electron chi connectivity index (χ3n) is 3.82. The standard InChI is InChI=1S/C17H21F2NOSi/c1-4-20(5-2)22(21-3)15-9-6-13(7-10-15)14-8-11-16(18)17(19)12-14/h6-12,22H,4-5H2,1-3H3. The molecule has 2 aromatic carbocycles. The lowest BCUT2D eigenvalue weighted by Gasteiger charge is -2.26. The minimum atomic E-state index is -1.62. The Morgan fingerprint density at radius 2 is 1.50 bits per heavy atom. The Hall–Kier alpha value is -1.56. The number of halogens is 2. The number of benzene rings is 2. The van der Waals surface area contributed by atoms with Crippen molar-refractivity contribution in [1.29, 1.82) is 0 Å². The zero-order valence-corrected chi connectivity index (χ0v) is 14.3. The second-order valence-corrected chi connectivity index (χ2v) is 7.63. The largest absolute Gasteiger partial charge is 0.405 e. The van der Waals surface area contributed by atoms with Crippen LogP contribution in [0, 0.1) is 11.6 Å². The number of rotatable bonds is 6. The Balaban J connectivity index is 2.27. The minimum absolute atomic E-state index is 0.670. The third kappa shape index (κ3) is 3.60. The van der Waals surface area contributed by atoms with E-state index in [9.17, 15) is 8.78 Å². The van der Waals surface area contributed by atoms with E-state index in [0.717, 1.165) is 24.7 Å². The van der Waals surface area contributed by atoms with Gasteiger partial charge in [-0.2, -0.15) is 0 Å². The van der Waals surface area contributed by atoms with E-state index in [-0.39, 0.29) is 0 Å². The maximum Gasteiger partial charge on any atom is 0.287 e. The molecule has 118 valence electrons. The molecule has 0 spiro atoms. The van der Waals surface area contributed by atoms with E-state index in [1.165, 1.54) is 11.3 Å². The van der Waals surface area contributed by atoms with Crippen molar-refractivity contribution in [2.75, 3.05) is 20.2 Å². The van der Waals surface area contributed by atoms with Crippen LogP contribution in [0.1, 0.15) is 13.8 Å².